The highest BCUT2D eigenvalue weighted by atomic mass is 32.1. The molecule has 3 aromatic carbocycles. The summed E-state index contributed by atoms with van der Waals surface area (Å²) in [7, 11) is 0. The zero-order valence-corrected chi connectivity index (χ0v) is 34.4. The number of hydrogen-bond donors (Lipinski definition) is 4. The minimum atomic E-state index is -2.67. The fourth-order valence-corrected chi connectivity index (χ4v) is 8.54. The number of nitrogens with two attached hydrogens (primary N) is 1. The fourth-order valence-electron chi connectivity index (χ4n) is 8.41. The molecule has 16 heteroatoms. The van der Waals surface area contributed by atoms with Gasteiger partial charge in [-0.1, -0.05) is 48.6 Å². The molecule has 1 saturated carbocycles. The molecule has 3 aliphatic rings. The maximum atomic E-state index is 14.1. The van der Waals surface area contributed by atoms with Crippen LogP contribution in [-0.2, 0) is 30.3 Å². The number of fused-ring (bicyclic) bond motifs is 2. The van der Waals surface area contributed by atoms with Crippen molar-refractivity contribution in [3.05, 3.63) is 89.1 Å². The van der Waals surface area contributed by atoms with Crippen LogP contribution in [-0.4, -0.2) is 81.6 Å². The van der Waals surface area contributed by atoms with E-state index in [1.165, 1.54) is 0 Å². The Morgan fingerprint density at radius 2 is 1.64 bits per heavy atom. The summed E-state index contributed by atoms with van der Waals surface area (Å²) in [5.74, 6) is -5.20. The Labute approximate surface area is 356 Å². The Hall–Kier alpha value is -5.87. The summed E-state index contributed by atoms with van der Waals surface area (Å²) in [5, 5.41) is 8.90. The van der Waals surface area contributed by atoms with Gasteiger partial charge in [0.1, 0.15) is 11.0 Å². The number of anilines is 1. The van der Waals surface area contributed by atoms with Gasteiger partial charge in [-0.15, -0.1) is 0 Å². The number of aromatic nitrogens is 1. The van der Waals surface area contributed by atoms with Gasteiger partial charge in [0.2, 0.25) is 29.6 Å². The first-order valence-electron chi connectivity index (χ1n) is 20.7. The standard InChI is InChI=1S/C45H48F2N6O7S/c46-45(47)19-17-31(18-20-45)52-26-34(28-7-3-8-29(24-28)41(48)61)32-14-13-30(25-36(32)52)50-38(55)12-2-1-11-37(54)49-21-23-60-22-5-9-27-6-4-10-33-40(27)44(59)53(43(33)58)35-15-16-39(56)51-42(35)57/h3-4,6-8,10,13-14,24-26,31,35H,1-2,5,9,11-12,15-23H2,(H2,48,61)(H,49,54)(H,50,55)(H,51,56,57). The second-order valence-corrected chi connectivity index (χ2v) is 16.3. The number of thiocarbonyl (C=S) groups is 1. The highest BCUT2D eigenvalue weighted by Gasteiger charge is 2.45. The maximum Gasteiger partial charge on any atom is 0.262 e. The predicted octanol–water partition coefficient (Wildman–Crippen LogP) is 6.36. The van der Waals surface area contributed by atoms with Crippen LogP contribution in [0.3, 0.4) is 0 Å². The summed E-state index contributed by atoms with van der Waals surface area (Å²) in [6.07, 6.45) is 4.90. The number of carbonyl (C=O) groups excluding carboxylic acids is 6. The third-order valence-electron chi connectivity index (χ3n) is 11.6. The van der Waals surface area contributed by atoms with Crippen molar-refractivity contribution in [3.63, 3.8) is 0 Å². The zero-order valence-electron chi connectivity index (χ0n) is 33.6. The average Bonchev–Trinajstić information content (AvgIpc) is 3.73. The molecule has 61 heavy (non-hydrogen) atoms. The lowest BCUT2D eigenvalue weighted by Crippen LogP contribution is -2.54. The van der Waals surface area contributed by atoms with Crippen molar-refractivity contribution >= 4 is 69.2 Å². The Morgan fingerprint density at radius 1 is 0.885 bits per heavy atom. The van der Waals surface area contributed by atoms with E-state index in [1.54, 1.807) is 18.2 Å². The van der Waals surface area contributed by atoms with E-state index in [-0.39, 0.29) is 79.1 Å². The van der Waals surface area contributed by atoms with Gasteiger partial charge in [-0.2, -0.15) is 0 Å². The van der Waals surface area contributed by atoms with Gasteiger partial charge in [0.25, 0.3) is 11.8 Å². The zero-order chi connectivity index (χ0) is 43.3. The molecule has 2 fully saturated rings. The molecule has 1 unspecified atom stereocenters. The van der Waals surface area contributed by atoms with E-state index < -0.39 is 35.6 Å². The number of alkyl halides is 2. The predicted molar refractivity (Wildman–Crippen MR) is 228 cm³/mol. The number of hydrogen-bond acceptors (Lipinski definition) is 8. The van der Waals surface area contributed by atoms with Crippen LogP contribution in [0.2, 0.25) is 0 Å². The first-order chi connectivity index (χ1) is 29.3. The van der Waals surface area contributed by atoms with Crippen LogP contribution in [0.4, 0.5) is 14.5 Å². The van der Waals surface area contributed by atoms with E-state index >= 15 is 0 Å². The fraction of sp³-hybridized carbons (Fsp3) is 0.400. The topological polar surface area (TPSA) is 182 Å². The molecule has 5 N–H and O–H groups in total. The van der Waals surface area contributed by atoms with Crippen molar-refractivity contribution in [2.24, 2.45) is 5.73 Å². The number of rotatable bonds is 17. The summed E-state index contributed by atoms with van der Waals surface area (Å²) in [4.78, 5) is 77.0. The van der Waals surface area contributed by atoms with Crippen molar-refractivity contribution < 1.29 is 42.3 Å². The van der Waals surface area contributed by atoms with Gasteiger partial charge in [-0.25, -0.2) is 8.78 Å². The summed E-state index contributed by atoms with van der Waals surface area (Å²) < 4.78 is 35.9. The van der Waals surface area contributed by atoms with Crippen LogP contribution >= 0.6 is 12.2 Å². The summed E-state index contributed by atoms with van der Waals surface area (Å²) in [5.41, 5.74) is 11.0. The number of ether oxygens (including phenoxy) is 1. The molecule has 6 amide bonds. The second kappa shape index (κ2) is 18.8. The molecule has 0 spiro atoms. The van der Waals surface area contributed by atoms with Gasteiger partial charge in [0.05, 0.1) is 23.3 Å². The number of benzene rings is 3. The van der Waals surface area contributed by atoms with Gasteiger partial charge in [0.15, 0.2) is 0 Å². The van der Waals surface area contributed by atoms with Crippen molar-refractivity contribution in [1.29, 1.82) is 0 Å². The number of carbonyl (C=O) groups is 6. The van der Waals surface area contributed by atoms with Crippen molar-refractivity contribution in [1.82, 2.24) is 20.1 Å². The molecule has 3 heterocycles. The van der Waals surface area contributed by atoms with E-state index in [1.807, 2.05) is 48.7 Å². The molecular weight excluding hydrogens is 807 g/mol. The Kier molecular flexibility index (Phi) is 13.3. The van der Waals surface area contributed by atoms with Crippen LogP contribution in [0, 0.1) is 0 Å². The van der Waals surface area contributed by atoms with Gasteiger partial charge < -0.3 is 25.7 Å². The SMILES string of the molecule is NC(=S)c1cccc(-c2cn(C3CCC(F)(F)CC3)c3cc(NC(=O)CCCCC(=O)NCCOCCCc4cccc5c4C(=O)N(C4CCC(=O)NC4=O)C5=O)ccc23)c1. The molecule has 1 aliphatic carbocycles. The van der Waals surface area contributed by atoms with E-state index in [2.05, 4.69) is 20.5 Å². The average molecular weight is 855 g/mol. The lowest BCUT2D eigenvalue weighted by Gasteiger charge is -2.29. The molecule has 4 aromatic rings. The third kappa shape index (κ3) is 10.0. The number of nitrogens with zero attached hydrogens (tertiary/aromatic N) is 2. The Balaban J connectivity index is 0.827. The van der Waals surface area contributed by atoms with Gasteiger partial charge in [-0.3, -0.25) is 39.0 Å². The molecule has 7 rings (SSSR count). The van der Waals surface area contributed by atoms with Crippen LogP contribution in [0.15, 0.2) is 66.9 Å². The minimum absolute atomic E-state index is 0.0493. The maximum absolute atomic E-state index is 14.1. The molecule has 1 saturated heterocycles. The minimum Gasteiger partial charge on any atom is -0.389 e. The molecule has 2 aliphatic heterocycles. The molecule has 1 atom stereocenters. The largest absolute Gasteiger partial charge is 0.389 e. The normalized spacial score (nSPS) is 17.7. The first kappa shape index (κ1) is 43.2. The lowest BCUT2D eigenvalue weighted by molar-refractivity contribution is -0.136. The molecule has 0 bridgehead atoms. The number of nitrogens with one attached hydrogen (secondary N) is 3. The van der Waals surface area contributed by atoms with Crippen molar-refractivity contribution in [2.75, 3.05) is 25.1 Å². The van der Waals surface area contributed by atoms with Crippen LogP contribution in [0.25, 0.3) is 22.0 Å². The highest BCUT2D eigenvalue weighted by molar-refractivity contribution is 7.80. The number of unbranched alkanes of at least 4 members (excludes halogenated alkanes) is 1. The van der Waals surface area contributed by atoms with Crippen molar-refractivity contribution in [3.8, 4) is 11.1 Å². The summed E-state index contributed by atoms with van der Waals surface area (Å²) in [6.45, 7) is 0.929. The molecule has 1 aromatic heterocycles. The highest BCUT2D eigenvalue weighted by Crippen LogP contribution is 2.42. The van der Waals surface area contributed by atoms with Crippen LogP contribution < -0.4 is 21.7 Å². The number of aryl methyl sites for hydroxylation is 1. The van der Waals surface area contributed by atoms with E-state index in [4.69, 9.17) is 22.7 Å². The van der Waals surface area contributed by atoms with E-state index in [0.717, 1.165) is 32.5 Å². The summed E-state index contributed by atoms with van der Waals surface area (Å²) in [6, 6.07) is 17.1. The molecule has 13 nitrogen and oxygen atoms in total. The number of halogens is 2. The Bertz CT molecular complexity index is 2390. The lowest BCUT2D eigenvalue weighted by atomic mass is 9.92. The Morgan fingerprint density at radius 3 is 2.39 bits per heavy atom. The quantitative estimate of drug-likeness (QED) is 0.0534. The second-order valence-electron chi connectivity index (χ2n) is 15.8. The monoisotopic (exact) mass is 854 g/mol. The summed E-state index contributed by atoms with van der Waals surface area (Å²) >= 11 is 5.19. The van der Waals surface area contributed by atoms with Crippen LogP contribution in [0.1, 0.15) is 109 Å². The number of amides is 6. The first-order valence-corrected chi connectivity index (χ1v) is 21.1. The molecular formula is C45H48F2N6O7S. The molecule has 0 radical (unpaired) electrons. The van der Waals surface area contributed by atoms with Crippen LogP contribution in [0.5, 0.6) is 0 Å². The van der Waals surface area contributed by atoms with Gasteiger partial charge in [-0.05, 0) is 80.3 Å². The van der Waals surface area contributed by atoms with E-state index in [9.17, 15) is 37.5 Å². The van der Waals surface area contributed by atoms with Gasteiger partial charge >= 0.3 is 0 Å². The van der Waals surface area contributed by atoms with Crippen molar-refractivity contribution in [2.45, 2.75) is 95.1 Å². The smallest absolute Gasteiger partial charge is 0.262 e. The molecule has 320 valence electrons. The van der Waals surface area contributed by atoms with Gasteiger partial charge in [0, 0.05) is 79.7 Å². The third-order valence-corrected chi connectivity index (χ3v) is 11.8. The number of piperidine rings is 1. The number of imide groups is 2. The van der Waals surface area contributed by atoms with E-state index in [0.29, 0.717) is 62.9 Å².